The van der Waals surface area contributed by atoms with Crippen LogP contribution in [0.3, 0.4) is 0 Å². The highest BCUT2D eigenvalue weighted by Gasteiger charge is 2.23. The predicted octanol–water partition coefficient (Wildman–Crippen LogP) is 3.45. The molecule has 0 aliphatic carbocycles. The van der Waals surface area contributed by atoms with Crippen LogP contribution in [0.25, 0.3) is 0 Å². The summed E-state index contributed by atoms with van der Waals surface area (Å²) in [6.07, 6.45) is 6.73. The third-order valence-electron chi connectivity index (χ3n) is 5.65. The second-order valence-corrected chi connectivity index (χ2v) is 7.48. The van der Waals surface area contributed by atoms with E-state index in [0.29, 0.717) is 12.0 Å². The molecule has 3 heterocycles. The summed E-state index contributed by atoms with van der Waals surface area (Å²) in [6, 6.07) is 11.2. The second-order valence-electron chi connectivity index (χ2n) is 7.48. The monoisotopic (exact) mass is 336 g/mol. The number of nitrogens with zero attached hydrogens (tertiary/aromatic N) is 3. The van der Waals surface area contributed by atoms with E-state index in [-0.39, 0.29) is 0 Å². The van der Waals surface area contributed by atoms with E-state index in [4.69, 9.17) is 4.98 Å². The molecule has 0 spiro atoms. The number of nitrogens with one attached hydrogen (secondary N) is 1. The van der Waals surface area contributed by atoms with Crippen molar-refractivity contribution < 1.29 is 0 Å². The molecule has 0 amide bonds. The van der Waals surface area contributed by atoms with Gasteiger partial charge < -0.3 is 5.32 Å². The van der Waals surface area contributed by atoms with Crippen molar-refractivity contribution >= 4 is 0 Å². The van der Waals surface area contributed by atoms with Gasteiger partial charge in [0, 0.05) is 37.0 Å². The van der Waals surface area contributed by atoms with Crippen LogP contribution in [0.2, 0.25) is 0 Å². The van der Waals surface area contributed by atoms with Crippen LogP contribution in [-0.2, 0) is 13.0 Å². The lowest BCUT2D eigenvalue weighted by molar-refractivity contribution is 0.242. The van der Waals surface area contributed by atoms with E-state index in [1.807, 2.05) is 0 Å². The van der Waals surface area contributed by atoms with E-state index in [1.54, 1.807) is 0 Å². The van der Waals surface area contributed by atoms with Crippen molar-refractivity contribution in [3.05, 3.63) is 59.2 Å². The van der Waals surface area contributed by atoms with Crippen LogP contribution in [0, 0.1) is 0 Å². The van der Waals surface area contributed by atoms with Crippen molar-refractivity contribution in [2.24, 2.45) is 0 Å². The van der Waals surface area contributed by atoms with Gasteiger partial charge in [0.1, 0.15) is 5.82 Å². The molecule has 4 nitrogen and oxygen atoms in total. The molecule has 4 rings (SSSR count). The molecule has 0 radical (unpaired) electrons. The van der Waals surface area contributed by atoms with Crippen molar-refractivity contribution in [3.8, 4) is 0 Å². The van der Waals surface area contributed by atoms with Gasteiger partial charge in [0.2, 0.25) is 0 Å². The predicted molar refractivity (Wildman–Crippen MR) is 100 cm³/mol. The fraction of sp³-hybridized carbons (Fsp3) is 0.524. The smallest absolute Gasteiger partial charge is 0.145 e. The highest BCUT2D eigenvalue weighted by atomic mass is 15.1. The van der Waals surface area contributed by atoms with E-state index < -0.39 is 0 Å². The first-order chi connectivity index (χ1) is 12.3. The van der Waals surface area contributed by atoms with Crippen LogP contribution in [0.4, 0.5) is 0 Å². The normalized spacial score (nSPS) is 21.9. The van der Waals surface area contributed by atoms with Gasteiger partial charge in [0.15, 0.2) is 0 Å². The highest BCUT2D eigenvalue weighted by Crippen LogP contribution is 2.24. The molecular formula is C21H28N4. The molecule has 25 heavy (non-hydrogen) atoms. The SMILES string of the molecule is C[C@@H](CCN1CCc2nc([C@@H]3CCCN3)ncc2C1)c1ccccc1. The third-order valence-corrected chi connectivity index (χ3v) is 5.65. The molecule has 2 atom stereocenters. The van der Waals surface area contributed by atoms with Gasteiger partial charge in [-0.25, -0.2) is 9.97 Å². The van der Waals surface area contributed by atoms with Gasteiger partial charge in [0.05, 0.1) is 6.04 Å². The zero-order chi connectivity index (χ0) is 17.1. The zero-order valence-electron chi connectivity index (χ0n) is 15.1. The van der Waals surface area contributed by atoms with Gasteiger partial charge in [0.25, 0.3) is 0 Å². The molecule has 2 aliphatic rings. The second kappa shape index (κ2) is 7.63. The molecule has 0 saturated carbocycles. The van der Waals surface area contributed by atoms with Crippen molar-refractivity contribution in [1.29, 1.82) is 0 Å². The van der Waals surface area contributed by atoms with Crippen molar-refractivity contribution in [2.45, 2.75) is 51.1 Å². The molecule has 1 saturated heterocycles. The topological polar surface area (TPSA) is 41.1 Å². The van der Waals surface area contributed by atoms with Gasteiger partial charge in [-0.15, -0.1) is 0 Å². The molecule has 0 bridgehead atoms. The van der Waals surface area contributed by atoms with E-state index >= 15 is 0 Å². The van der Waals surface area contributed by atoms with Crippen LogP contribution in [-0.4, -0.2) is 34.5 Å². The van der Waals surface area contributed by atoms with Crippen LogP contribution < -0.4 is 5.32 Å². The standard InChI is InChI=1S/C21H28N4/c1-16(17-6-3-2-4-7-17)9-12-25-13-10-19-18(15-25)14-23-21(24-19)20-8-5-11-22-20/h2-4,6-7,14,16,20,22H,5,8-13,15H2,1H3/t16-,20-/m0/s1. The van der Waals surface area contributed by atoms with E-state index in [2.05, 4.69) is 58.7 Å². The van der Waals surface area contributed by atoms with E-state index in [0.717, 1.165) is 38.4 Å². The number of rotatable bonds is 5. The Hall–Kier alpha value is -1.78. The summed E-state index contributed by atoms with van der Waals surface area (Å²) < 4.78 is 0. The largest absolute Gasteiger partial charge is 0.307 e. The quantitative estimate of drug-likeness (QED) is 0.908. The lowest BCUT2D eigenvalue weighted by Crippen LogP contribution is -2.33. The Morgan fingerprint density at radius 1 is 1.28 bits per heavy atom. The summed E-state index contributed by atoms with van der Waals surface area (Å²) in [5, 5.41) is 3.50. The number of hydrogen-bond acceptors (Lipinski definition) is 4. The lowest BCUT2D eigenvalue weighted by atomic mass is 9.97. The van der Waals surface area contributed by atoms with Crippen LogP contribution in [0.1, 0.15) is 60.8 Å². The molecule has 1 aromatic carbocycles. The third kappa shape index (κ3) is 3.91. The molecule has 2 aromatic rings. The minimum absolute atomic E-state index is 0.370. The molecule has 4 heteroatoms. The van der Waals surface area contributed by atoms with Gasteiger partial charge in [-0.1, -0.05) is 37.3 Å². The maximum Gasteiger partial charge on any atom is 0.145 e. The van der Waals surface area contributed by atoms with E-state index in [1.165, 1.54) is 36.1 Å². The summed E-state index contributed by atoms with van der Waals surface area (Å²) in [4.78, 5) is 12.1. The minimum atomic E-state index is 0.370. The Kier molecular flexibility index (Phi) is 5.09. The molecule has 1 fully saturated rings. The summed E-state index contributed by atoms with van der Waals surface area (Å²) >= 11 is 0. The highest BCUT2D eigenvalue weighted by molar-refractivity contribution is 5.22. The van der Waals surface area contributed by atoms with Gasteiger partial charge >= 0.3 is 0 Å². The van der Waals surface area contributed by atoms with Gasteiger partial charge in [-0.3, -0.25) is 4.90 Å². The first-order valence-electron chi connectivity index (χ1n) is 9.65. The fourth-order valence-electron chi connectivity index (χ4n) is 3.98. The summed E-state index contributed by atoms with van der Waals surface area (Å²) in [7, 11) is 0. The van der Waals surface area contributed by atoms with Crippen molar-refractivity contribution in [3.63, 3.8) is 0 Å². The van der Waals surface area contributed by atoms with Crippen molar-refractivity contribution in [2.75, 3.05) is 19.6 Å². The first-order valence-corrected chi connectivity index (χ1v) is 9.65. The van der Waals surface area contributed by atoms with Gasteiger partial charge in [-0.05, 0) is 43.8 Å². The maximum absolute atomic E-state index is 4.87. The fourth-order valence-corrected chi connectivity index (χ4v) is 3.98. The number of benzene rings is 1. The van der Waals surface area contributed by atoms with Crippen molar-refractivity contribution in [1.82, 2.24) is 20.2 Å². The summed E-state index contributed by atoms with van der Waals surface area (Å²) in [6.45, 7) is 6.68. The zero-order valence-corrected chi connectivity index (χ0v) is 15.1. The van der Waals surface area contributed by atoms with E-state index in [9.17, 15) is 0 Å². The minimum Gasteiger partial charge on any atom is -0.307 e. The molecule has 1 aromatic heterocycles. The Labute approximate surface area is 150 Å². The Morgan fingerprint density at radius 2 is 2.16 bits per heavy atom. The first kappa shape index (κ1) is 16.7. The maximum atomic E-state index is 4.87. The Bertz CT molecular complexity index is 694. The summed E-state index contributed by atoms with van der Waals surface area (Å²) in [5.74, 6) is 1.61. The number of aromatic nitrogens is 2. The Morgan fingerprint density at radius 3 is 2.96 bits per heavy atom. The number of fused-ring (bicyclic) bond motifs is 1. The molecule has 132 valence electrons. The van der Waals surface area contributed by atoms with Crippen LogP contribution in [0.15, 0.2) is 36.5 Å². The molecule has 0 unspecified atom stereocenters. The molecule has 1 N–H and O–H groups in total. The van der Waals surface area contributed by atoms with Gasteiger partial charge in [-0.2, -0.15) is 0 Å². The molecular weight excluding hydrogens is 308 g/mol. The average molecular weight is 336 g/mol. The Balaban J connectivity index is 1.35. The van der Waals surface area contributed by atoms with Crippen LogP contribution in [0.5, 0.6) is 0 Å². The van der Waals surface area contributed by atoms with Crippen LogP contribution >= 0.6 is 0 Å². The number of hydrogen-bond donors (Lipinski definition) is 1. The molecule has 2 aliphatic heterocycles. The lowest BCUT2D eigenvalue weighted by Gasteiger charge is -2.29. The summed E-state index contributed by atoms with van der Waals surface area (Å²) in [5.41, 5.74) is 4.03. The average Bonchev–Trinajstić information content (AvgIpc) is 3.21.